The Kier molecular flexibility index (Phi) is 2.89. The third kappa shape index (κ3) is 2.22. The minimum Gasteiger partial charge on any atom is -0.374 e. The van der Waals surface area contributed by atoms with Crippen LogP contribution in [0.3, 0.4) is 0 Å². The predicted molar refractivity (Wildman–Crippen MR) is 72.4 cm³/mol. The zero-order valence-electron chi connectivity index (χ0n) is 10.4. The number of rotatable bonds is 3. The van der Waals surface area contributed by atoms with Gasteiger partial charge in [0.2, 0.25) is 0 Å². The summed E-state index contributed by atoms with van der Waals surface area (Å²) in [5.74, 6) is 0. The van der Waals surface area contributed by atoms with Crippen molar-refractivity contribution in [3.05, 3.63) is 41.5 Å². The lowest BCUT2D eigenvalue weighted by Crippen LogP contribution is -2.25. The molecule has 3 rings (SSSR count). The summed E-state index contributed by atoms with van der Waals surface area (Å²) in [6.07, 6.45) is 8.12. The minimum atomic E-state index is 0.658. The monoisotopic (exact) mass is 228 g/mol. The molecule has 0 bridgehead atoms. The van der Waals surface area contributed by atoms with Gasteiger partial charge in [-0.05, 0) is 36.5 Å². The number of hydrogen-bond acceptors (Lipinski definition) is 2. The Hall–Kier alpha value is -1.28. The third-order valence-electron chi connectivity index (χ3n) is 3.87. The topological polar surface area (TPSA) is 15.3 Å². The lowest BCUT2D eigenvalue weighted by Gasteiger charge is -2.14. The van der Waals surface area contributed by atoms with Gasteiger partial charge in [0.05, 0.1) is 0 Å². The van der Waals surface area contributed by atoms with Crippen LogP contribution in [0.25, 0.3) is 0 Å². The molecule has 0 spiro atoms. The molecule has 0 aromatic heterocycles. The highest BCUT2D eigenvalue weighted by Crippen LogP contribution is 2.27. The standard InChI is InChI=1S/C15H20N2/c1-17-9-8-13-10-12(6-7-15(13)17)11-16-14-4-2-3-5-14/h2-3,6-7,10,14,16H,4-5,8-9,11H2,1H3. The fraction of sp³-hybridized carbons (Fsp3) is 0.467. The molecule has 2 heteroatoms. The number of hydrogen-bond donors (Lipinski definition) is 1. The Labute approximate surface area is 103 Å². The van der Waals surface area contributed by atoms with Crippen LogP contribution in [-0.4, -0.2) is 19.6 Å². The van der Waals surface area contributed by atoms with Crippen molar-refractivity contribution in [1.29, 1.82) is 0 Å². The number of nitrogens with zero attached hydrogens (tertiary/aromatic N) is 1. The van der Waals surface area contributed by atoms with Crippen molar-refractivity contribution in [3.63, 3.8) is 0 Å². The summed E-state index contributed by atoms with van der Waals surface area (Å²) < 4.78 is 0. The largest absolute Gasteiger partial charge is 0.374 e. The molecular weight excluding hydrogens is 208 g/mol. The summed E-state index contributed by atoms with van der Waals surface area (Å²) in [6.45, 7) is 2.17. The molecule has 0 unspecified atom stereocenters. The van der Waals surface area contributed by atoms with Crippen molar-refractivity contribution in [1.82, 2.24) is 5.32 Å². The summed E-state index contributed by atoms with van der Waals surface area (Å²) in [5, 5.41) is 3.62. The van der Waals surface area contributed by atoms with Crippen LogP contribution in [0.2, 0.25) is 0 Å². The van der Waals surface area contributed by atoms with Crippen LogP contribution in [0, 0.1) is 0 Å². The number of anilines is 1. The molecule has 1 aliphatic carbocycles. The highest BCUT2D eigenvalue weighted by Gasteiger charge is 2.16. The van der Waals surface area contributed by atoms with Gasteiger partial charge < -0.3 is 10.2 Å². The molecular formula is C15H20N2. The van der Waals surface area contributed by atoms with E-state index in [1.54, 1.807) is 0 Å². The van der Waals surface area contributed by atoms with Gasteiger partial charge in [-0.3, -0.25) is 0 Å². The van der Waals surface area contributed by atoms with Crippen LogP contribution in [0.15, 0.2) is 30.4 Å². The van der Waals surface area contributed by atoms with Crippen molar-refractivity contribution in [2.45, 2.75) is 31.8 Å². The van der Waals surface area contributed by atoms with Gasteiger partial charge in [-0.1, -0.05) is 24.3 Å². The second-order valence-electron chi connectivity index (χ2n) is 5.16. The molecule has 0 amide bonds. The molecule has 1 N–H and O–H groups in total. The minimum absolute atomic E-state index is 0.658. The van der Waals surface area contributed by atoms with Gasteiger partial charge in [-0.25, -0.2) is 0 Å². The van der Waals surface area contributed by atoms with E-state index < -0.39 is 0 Å². The summed E-state index contributed by atoms with van der Waals surface area (Å²) >= 11 is 0. The van der Waals surface area contributed by atoms with Gasteiger partial charge in [-0.2, -0.15) is 0 Å². The Morgan fingerprint density at radius 3 is 2.94 bits per heavy atom. The summed E-state index contributed by atoms with van der Waals surface area (Å²) in [6, 6.07) is 7.56. The van der Waals surface area contributed by atoms with Gasteiger partial charge in [-0.15, -0.1) is 0 Å². The lowest BCUT2D eigenvalue weighted by molar-refractivity contribution is 0.538. The summed E-state index contributed by atoms with van der Waals surface area (Å²) in [7, 11) is 2.17. The van der Waals surface area contributed by atoms with Gasteiger partial charge in [0.25, 0.3) is 0 Å². The first kappa shape index (κ1) is 10.8. The number of fused-ring (bicyclic) bond motifs is 1. The highest BCUT2D eigenvalue weighted by atomic mass is 15.1. The van der Waals surface area contributed by atoms with Gasteiger partial charge in [0.1, 0.15) is 0 Å². The van der Waals surface area contributed by atoms with Crippen LogP contribution >= 0.6 is 0 Å². The zero-order valence-corrected chi connectivity index (χ0v) is 10.4. The zero-order chi connectivity index (χ0) is 11.7. The normalized spacial score (nSPS) is 19.0. The van der Waals surface area contributed by atoms with Gasteiger partial charge >= 0.3 is 0 Å². The third-order valence-corrected chi connectivity index (χ3v) is 3.87. The van der Waals surface area contributed by atoms with Crippen molar-refractivity contribution in [2.24, 2.45) is 0 Å². The molecule has 0 radical (unpaired) electrons. The van der Waals surface area contributed by atoms with E-state index in [0.717, 1.165) is 6.54 Å². The Balaban J connectivity index is 1.64. The van der Waals surface area contributed by atoms with Gasteiger partial charge in [0, 0.05) is 31.9 Å². The summed E-state index contributed by atoms with van der Waals surface area (Å²) in [4.78, 5) is 2.34. The van der Waals surface area contributed by atoms with E-state index in [1.807, 2.05) is 0 Å². The average molecular weight is 228 g/mol. The molecule has 0 saturated carbocycles. The van der Waals surface area contributed by atoms with Crippen molar-refractivity contribution < 1.29 is 0 Å². The van der Waals surface area contributed by atoms with Crippen LogP contribution in [0.4, 0.5) is 5.69 Å². The molecule has 1 aromatic carbocycles. The Morgan fingerprint density at radius 1 is 1.29 bits per heavy atom. The highest BCUT2D eigenvalue weighted by molar-refractivity contribution is 5.58. The molecule has 90 valence electrons. The first-order chi connectivity index (χ1) is 8.33. The maximum absolute atomic E-state index is 3.62. The Bertz CT molecular complexity index is 429. The summed E-state index contributed by atoms with van der Waals surface area (Å²) in [5.41, 5.74) is 4.35. The maximum Gasteiger partial charge on any atom is 0.0397 e. The number of likely N-dealkylation sites (N-methyl/N-ethyl adjacent to an activating group) is 1. The van der Waals surface area contributed by atoms with Crippen LogP contribution < -0.4 is 10.2 Å². The first-order valence-corrected chi connectivity index (χ1v) is 6.54. The fourth-order valence-corrected chi connectivity index (χ4v) is 2.78. The molecule has 0 atom stereocenters. The quantitative estimate of drug-likeness (QED) is 0.800. The van der Waals surface area contributed by atoms with E-state index in [0.29, 0.717) is 6.04 Å². The van der Waals surface area contributed by atoms with E-state index in [2.05, 4.69) is 47.6 Å². The Morgan fingerprint density at radius 2 is 2.12 bits per heavy atom. The van der Waals surface area contributed by atoms with E-state index in [1.165, 1.54) is 42.6 Å². The smallest absolute Gasteiger partial charge is 0.0397 e. The van der Waals surface area contributed by atoms with Gasteiger partial charge in [0.15, 0.2) is 0 Å². The fourth-order valence-electron chi connectivity index (χ4n) is 2.78. The number of nitrogens with one attached hydrogen (secondary N) is 1. The molecule has 2 aliphatic rings. The molecule has 1 aromatic rings. The van der Waals surface area contributed by atoms with Crippen LogP contribution in [-0.2, 0) is 13.0 Å². The molecule has 2 nitrogen and oxygen atoms in total. The molecule has 1 aliphatic heterocycles. The van der Waals surface area contributed by atoms with E-state index in [4.69, 9.17) is 0 Å². The SMILES string of the molecule is CN1CCc2cc(CNC3CC=CC3)ccc21. The van der Waals surface area contributed by atoms with E-state index in [-0.39, 0.29) is 0 Å². The lowest BCUT2D eigenvalue weighted by atomic mass is 10.1. The molecule has 1 heterocycles. The van der Waals surface area contributed by atoms with E-state index >= 15 is 0 Å². The van der Waals surface area contributed by atoms with Crippen molar-refractivity contribution >= 4 is 5.69 Å². The second-order valence-corrected chi connectivity index (χ2v) is 5.16. The second kappa shape index (κ2) is 4.53. The predicted octanol–water partition coefficient (Wildman–Crippen LogP) is 2.49. The molecule has 0 saturated heterocycles. The molecule has 0 fully saturated rings. The number of benzene rings is 1. The van der Waals surface area contributed by atoms with E-state index in [9.17, 15) is 0 Å². The first-order valence-electron chi connectivity index (χ1n) is 6.54. The van der Waals surface area contributed by atoms with Crippen LogP contribution in [0.1, 0.15) is 24.0 Å². The van der Waals surface area contributed by atoms with Crippen molar-refractivity contribution in [2.75, 3.05) is 18.5 Å². The molecule has 17 heavy (non-hydrogen) atoms. The average Bonchev–Trinajstić information content (AvgIpc) is 2.97. The maximum atomic E-state index is 3.62. The van der Waals surface area contributed by atoms with Crippen LogP contribution in [0.5, 0.6) is 0 Å². The van der Waals surface area contributed by atoms with Crippen molar-refractivity contribution in [3.8, 4) is 0 Å².